The van der Waals surface area contributed by atoms with Crippen molar-refractivity contribution in [2.75, 3.05) is 19.0 Å². The molecule has 0 aromatic heterocycles. The number of amides is 1. The summed E-state index contributed by atoms with van der Waals surface area (Å²) < 4.78 is 5.12. The molecule has 4 nitrogen and oxygen atoms in total. The van der Waals surface area contributed by atoms with Crippen molar-refractivity contribution in [1.82, 2.24) is 5.32 Å². The van der Waals surface area contributed by atoms with Gasteiger partial charge < -0.3 is 27.8 Å². The first-order valence-corrected chi connectivity index (χ1v) is 7.18. The van der Waals surface area contributed by atoms with Crippen LogP contribution in [0.3, 0.4) is 0 Å². The van der Waals surface area contributed by atoms with E-state index in [-0.39, 0.29) is 18.3 Å². The van der Waals surface area contributed by atoms with Crippen molar-refractivity contribution in [3.63, 3.8) is 0 Å². The zero-order valence-corrected chi connectivity index (χ0v) is 14.0. The van der Waals surface area contributed by atoms with Gasteiger partial charge >= 0.3 is 0 Å². The fourth-order valence-corrected chi connectivity index (χ4v) is 1.86. The minimum absolute atomic E-state index is 0. The first-order chi connectivity index (χ1) is 9.51. The van der Waals surface area contributed by atoms with Gasteiger partial charge in [0.1, 0.15) is 5.75 Å². The van der Waals surface area contributed by atoms with Gasteiger partial charge in [-0.05, 0) is 37.8 Å². The predicted molar refractivity (Wildman–Crippen MR) is 83.2 cm³/mol. The Bertz CT molecular complexity index is 424. The molecule has 1 aromatic carbocycles. The third-order valence-corrected chi connectivity index (χ3v) is 3.14. The summed E-state index contributed by atoms with van der Waals surface area (Å²) in [5.74, 6) is 1.40. The van der Waals surface area contributed by atoms with E-state index in [1.54, 1.807) is 13.2 Å². The molecule has 0 radical (unpaired) electrons. The molecule has 1 atom stereocenters. The number of benzene rings is 1. The smallest absolute Gasteiger partial charge is 0.238 e. The molecule has 0 bridgehead atoms. The van der Waals surface area contributed by atoms with Crippen LogP contribution in [0.4, 0.5) is 5.69 Å². The maximum Gasteiger partial charge on any atom is 0.238 e. The molecule has 2 N–H and O–H groups in total. The minimum atomic E-state index is -0.0327. The van der Waals surface area contributed by atoms with Crippen LogP contribution in [0.1, 0.15) is 33.6 Å². The number of methoxy groups -OCH3 is 1. The fourth-order valence-electron chi connectivity index (χ4n) is 1.86. The highest BCUT2D eigenvalue weighted by Crippen LogP contribution is 2.16. The van der Waals surface area contributed by atoms with Crippen molar-refractivity contribution in [3.05, 3.63) is 24.3 Å². The lowest BCUT2D eigenvalue weighted by molar-refractivity contribution is -0.115. The molecule has 0 spiro atoms. The summed E-state index contributed by atoms with van der Waals surface area (Å²) in [7, 11) is 1.61. The highest BCUT2D eigenvalue weighted by atomic mass is 35.5. The molecule has 0 aliphatic carbocycles. The number of hydrogen-bond acceptors (Lipinski definition) is 3. The number of ether oxygens (including phenoxy) is 1. The molecule has 1 rings (SSSR count). The van der Waals surface area contributed by atoms with Crippen molar-refractivity contribution in [3.8, 4) is 5.75 Å². The van der Waals surface area contributed by atoms with E-state index in [1.807, 2.05) is 18.2 Å². The maximum atomic E-state index is 11.8. The van der Waals surface area contributed by atoms with Crippen LogP contribution in [0, 0.1) is 5.92 Å². The van der Waals surface area contributed by atoms with E-state index in [9.17, 15) is 4.79 Å². The summed E-state index contributed by atoms with van der Waals surface area (Å²) in [5.41, 5.74) is 0.756. The van der Waals surface area contributed by atoms with Crippen LogP contribution in [0.25, 0.3) is 0 Å². The molecule has 120 valence electrons. The molecule has 1 unspecified atom stereocenters. The highest BCUT2D eigenvalue weighted by Gasteiger charge is 2.07. The summed E-state index contributed by atoms with van der Waals surface area (Å²) in [6, 6.07) is 7.71. The third kappa shape index (κ3) is 8.58. The van der Waals surface area contributed by atoms with Gasteiger partial charge in [0.25, 0.3) is 0 Å². The molecule has 0 aliphatic heterocycles. The minimum Gasteiger partial charge on any atom is -1.00 e. The average Bonchev–Trinajstić information content (AvgIpc) is 2.43. The van der Waals surface area contributed by atoms with Gasteiger partial charge in [0.05, 0.1) is 13.7 Å². The lowest BCUT2D eigenvalue weighted by atomic mass is 10.0. The summed E-state index contributed by atoms with van der Waals surface area (Å²) in [5, 5.41) is 6.10. The molecule has 0 fully saturated rings. The van der Waals surface area contributed by atoms with Gasteiger partial charge in [-0.1, -0.05) is 19.9 Å². The van der Waals surface area contributed by atoms with Gasteiger partial charge in [0, 0.05) is 17.8 Å². The van der Waals surface area contributed by atoms with Crippen molar-refractivity contribution in [1.29, 1.82) is 0 Å². The monoisotopic (exact) mass is 313 g/mol. The summed E-state index contributed by atoms with van der Waals surface area (Å²) in [4.78, 5) is 11.8. The Balaban J connectivity index is 0.00000400. The number of carbonyl (C=O) groups excluding carboxylic acids is 1. The van der Waals surface area contributed by atoms with E-state index < -0.39 is 0 Å². The Kier molecular flexibility index (Phi) is 9.84. The zero-order chi connectivity index (χ0) is 15.0. The number of nitrogens with one attached hydrogen (secondary N) is 2. The topological polar surface area (TPSA) is 50.4 Å². The molecular formula is C16H26ClN2O2-. The van der Waals surface area contributed by atoms with Crippen molar-refractivity contribution in [2.45, 2.75) is 39.7 Å². The Morgan fingerprint density at radius 1 is 1.24 bits per heavy atom. The van der Waals surface area contributed by atoms with E-state index in [2.05, 4.69) is 31.4 Å². The summed E-state index contributed by atoms with van der Waals surface area (Å²) in [6.07, 6.45) is 2.26. The quantitative estimate of drug-likeness (QED) is 0.713. The van der Waals surface area contributed by atoms with Gasteiger partial charge in [-0.3, -0.25) is 4.79 Å². The highest BCUT2D eigenvalue weighted by molar-refractivity contribution is 5.92. The third-order valence-electron chi connectivity index (χ3n) is 3.14. The SMILES string of the molecule is COc1cccc(NC(=O)CNC(C)CCC(C)C)c1.[Cl-]. The zero-order valence-electron chi connectivity index (χ0n) is 13.3. The van der Waals surface area contributed by atoms with Gasteiger partial charge in [-0.2, -0.15) is 0 Å². The lowest BCUT2D eigenvalue weighted by Gasteiger charge is -2.15. The van der Waals surface area contributed by atoms with Crippen LogP contribution in [0.5, 0.6) is 5.75 Å². The molecular weight excluding hydrogens is 288 g/mol. The lowest BCUT2D eigenvalue weighted by Crippen LogP contribution is -3.00. The molecule has 0 aliphatic rings. The van der Waals surface area contributed by atoms with E-state index in [4.69, 9.17) is 4.74 Å². The second-order valence-electron chi connectivity index (χ2n) is 5.53. The molecule has 1 aromatic rings. The second-order valence-corrected chi connectivity index (χ2v) is 5.53. The van der Waals surface area contributed by atoms with Crippen LogP contribution < -0.4 is 27.8 Å². The Labute approximate surface area is 134 Å². The van der Waals surface area contributed by atoms with E-state index >= 15 is 0 Å². The van der Waals surface area contributed by atoms with Gasteiger partial charge in [0.2, 0.25) is 5.91 Å². The van der Waals surface area contributed by atoms with Crippen LogP contribution in [-0.4, -0.2) is 25.6 Å². The van der Waals surface area contributed by atoms with Gasteiger partial charge in [-0.25, -0.2) is 0 Å². The first kappa shape index (κ1) is 19.7. The maximum absolute atomic E-state index is 11.8. The van der Waals surface area contributed by atoms with E-state index in [1.165, 1.54) is 6.42 Å². The average molecular weight is 314 g/mol. The van der Waals surface area contributed by atoms with Crippen LogP contribution >= 0.6 is 0 Å². The standard InChI is InChI=1S/C16H26N2O2.ClH/c1-12(2)8-9-13(3)17-11-16(19)18-14-6-5-7-15(10-14)20-4;/h5-7,10,12-13,17H,8-9,11H2,1-4H3,(H,18,19);1H/p-1. The van der Waals surface area contributed by atoms with Crippen molar-refractivity contribution < 1.29 is 21.9 Å². The summed E-state index contributed by atoms with van der Waals surface area (Å²) in [6.45, 7) is 6.86. The number of halogens is 1. The van der Waals surface area contributed by atoms with Crippen LogP contribution in [0.2, 0.25) is 0 Å². The number of anilines is 1. The van der Waals surface area contributed by atoms with Crippen LogP contribution in [0.15, 0.2) is 24.3 Å². The Morgan fingerprint density at radius 3 is 2.57 bits per heavy atom. The van der Waals surface area contributed by atoms with Crippen molar-refractivity contribution in [2.24, 2.45) is 5.92 Å². The number of hydrogen-bond donors (Lipinski definition) is 2. The number of rotatable bonds is 8. The van der Waals surface area contributed by atoms with Crippen LogP contribution in [-0.2, 0) is 4.79 Å². The molecule has 0 saturated heterocycles. The Hall–Kier alpha value is -1.26. The molecule has 0 heterocycles. The normalized spacial score (nSPS) is 11.7. The molecule has 5 heteroatoms. The Morgan fingerprint density at radius 2 is 1.95 bits per heavy atom. The largest absolute Gasteiger partial charge is 1.00 e. The van der Waals surface area contributed by atoms with Gasteiger partial charge in [-0.15, -0.1) is 0 Å². The molecule has 21 heavy (non-hydrogen) atoms. The summed E-state index contributed by atoms with van der Waals surface area (Å²) >= 11 is 0. The predicted octanol–water partition coefficient (Wildman–Crippen LogP) is 0.0520. The first-order valence-electron chi connectivity index (χ1n) is 7.18. The second kappa shape index (κ2) is 10.5. The fraction of sp³-hybridized carbons (Fsp3) is 0.562. The van der Waals surface area contributed by atoms with Crippen molar-refractivity contribution >= 4 is 11.6 Å². The number of carbonyl (C=O) groups is 1. The van der Waals surface area contributed by atoms with E-state index in [0.717, 1.165) is 17.9 Å². The molecule has 1 amide bonds. The van der Waals surface area contributed by atoms with E-state index in [0.29, 0.717) is 18.5 Å². The molecule has 0 saturated carbocycles. The van der Waals surface area contributed by atoms with Gasteiger partial charge in [0.15, 0.2) is 0 Å².